The van der Waals surface area contributed by atoms with Gasteiger partial charge in [-0.3, -0.25) is 4.79 Å². The lowest BCUT2D eigenvalue weighted by Crippen LogP contribution is -2.14. The Bertz CT molecular complexity index is 977. The van der Waals surface area contributed by atoms with E-state index < -0.39 is 0 Å². The number of amides is 1. The average molecular weight is 405 g/mol. The highest BCUT2D eigenvalue weighted by Gasteiger charge is 2.17. The largest absolute Gasteiger partial charge is 0.507 e. The van der Waals surface area contributed by atoms with E-state index in [9.17, 15) is 15.0 Å². The number of carbonyl (C=O) groups excluding carboxylic acids is 1. The topological polar surface area (TPSA) is 100 Å². The summed E-state index contributed by atoms with van der Waals surface area (Å²) in [6.45, 7) is 2.52. The van der Waals surface area contributed by atoms with Gasteiger partial charge in [0.2, 0.25) is 5.91 Å². The molecule has 7 nitrogen and oxygen atoms in total. The van der Waals surface area contributed by atoms with Gasteiger partial charge in [0.15, 0.2) is 11.0 Å². The van der Waals surface area contributed by atoms with Crippen LogP contribution in [-0.4, -0.2) is 36.6 Å². The van der Waals surface area contributed by atoms with Gasteiger partial charge in [-0.1, -0.05) is 35.5 Å². The summed E-state index contributed by atoms with van der Waals surface area (Å²) in [6.07, 6.45) is 0. The normalized spacial score (nSPS) is 10.7. The minimum Gasteiger partial charge on any atom is -0.507 e. The number of benzene rings is 2. The number of phenolic OH excluding ortho intramolecular Hbond substituents is 2. The smallest absolute Gasteiger partial charge is 0.234 e. The number of phenols is 2. The molecule has 0 aliphatic rings. The van der Waals surface area contributed by atoms with E-state index in [1.807, 2.05) is 17.6 Å². The Hall–Kier alpha value is -2.71. The van der Waals surface area contributed by atoms with Gasteiger partial charge >= 0.3 is 0 Å². The van der Waals surface area contributed by atoms with Crippen molar-refractivity contribution in [3.05, 3.63) is 47.5 Å². The van der Waals surface area contributed by atoms with Crippen LogP contribution in [0.25, 0.3) is 11.4 Å². The third kappa shape index (κ3) is 4.35. The molecule has 27 heavy (non-hydrogen) atoms. The number of anilines is 1. The molecule has 3 N–H and O–H groups in total. The molecule has 0 saturated carbocycles. The van der Waals surface area contributed by atoms with Crippen LogP contribution in [0.4, 0.5) is 5.69 Å². The van der Waals surface area contributed by atoms with E-state index in [1.54, 1.807) is 24.3 Å². The maximum absolute atomic E-state index is 12.2. The fraction of sp³-hybridized carbons (Fsp3) is 0.167. The Morgan fingerprint density at radius 1 is 1.19 bits per heavy atom. The van der Waals surface area contributed by atoms with Gasteiger partial charge in [-0.25, -0.2) is 0 Å². The third-order valence-electron chi connectivity index (χ3n) is 3.74. The number of thioether (sulfide) groups is 1. The van der Waals surface area contributed by atoms with Gasteiger partial charge in [-0.15, -0.1) is 10.2 Å². The summed E-state index contributed by atoms with van der Waals surface area (Å²) in [4.78, 5) is 12.2. The molecule has 1 amide bonds. The number of hydrogen-bond acceptors (Lipinski definition) is 6. The molecular weight excluding hydrogens is 388 g/mol. The molecule has 140 valence electrons. The Morgan fingerprint density at radius 2 is 1.96 bits per heavy atom. The highest BCUT2D eigenvalue weighted by molar-refractivity contribution is 7.99. The number of halogens is 1. The second-order valence-corrected chi connectivity index (χ2v) is 6.94. The molecule has 1 aromatic heterocycles. The standard InChI is InChI=1S/C18H17ClN4O3S/c1-2-23-17(12-5-3-4-6-14(12)24)21-22-18(23)27-10-16(26)20-13-8-7-11(19)9-15(13)25/h3-9,24-25H,2,10H2,1H3,(H,20,26). The number of carbonyl (C=O) groups is 1. The molecule has 0 bridgehead atoms. The molecule has 0 spiro atoms. The Kier molecular flexibility index (Phi) is 5.88. The maximum Gasteiger partial charge on any atom is 0.234 e. The van der Waals surface area contributed by atoms with E-state index in [1.165, 1.54) is 23.9 Å². The Morgan fingerprint density at radius 3 is 2.67 bits per heavy atom. The molecule has 0 radical (unpaired) electrons. The quantitative estimate of drug-likeness (QED) is 0.427. The van der Waals surface area contributed by atoms with E-state index in [4.69, 9.17) is 11.6 Å². The number of nitrogens with zero attached hydrogens (tertiary/aromatic N) is 3. The highest BCUT2D eigenvalue weighted by atomic mass is 35.5. The number of aromatic nitrogens is 3. The SMILES string of the molecule is CCn1c(SCC(=O)Nc2ccc(Cl)cc2O)nnc1-c1ccccc1O. The molecule has 2 aromatic carbocycles. The maximum atomic E-state index is 12.2. The van der Waals surface area contributed by atoms with Gasteiger partial charge in [0.05, 0.1) is 17.0 Å². The monoisotopic (exact) mass is 404 g/mol. The lowest BCUT2D eigenvalue weighted by molar-refractivity contribution is -0.113. The third-order valence-corrected chi connectivity index (χ3v) is 4.95. The minimum absolute atomic E-state index is 0.0843. The van der Waals surface area contributed by atoms with E-state index in [2.05, 4.69) is 15.5 Å². The first kappa shape index (κ1) is 19.1. The van der Waals surface area contributed by atoms with Crippen molar-refractivity contribution < 1.29 is 15.0 Å². The van der Waals surface area contributed by atoms with Crippen molar-refractivity contribution in [2.45, 2.75) is 18.6 Å². The first-order valence-electron chi connectivity index (χ1n) is 8.12. The summed E-state index contributed by atoms with van der Waals surface area (Å²) in [5.41, 5.74) is 0.867. The van der Waals surface area contributed by atoms with Gasteiger partial charge in [-0.2, -0.15) is 0 Å². The molecule has 0 aliphatic heterocycles. The number of para-hydroxylation sites is 1. The van der Waals surface area contributed by atoms with Gasteiger partial charge in [0, 0.05) is 17.6 Å². The summed E-state index contributed by atoms with van der Waals surface area (Å²) in [7, 11) is 0. The fourth-order valence-corrected chi connectivity index (χ4v) is 3.44. The Balaban J connectivity index is 1.71. The Labute approximate surface area is 165 Å². The molecule has 0 fully saturated rings. The van der Waals surface area contributed by atoms with Crippen molar-refractivity contribution in [3.8, 4) is 22.9 Å². The number of hydrogen-bond donors (Lipinski definition) is 3. The van der Waals surface area contributed by atoms with Crippen molar-refractivity contribution >= 4 is 35.0 Å². The zero-order valence-corrected chi connectivity index (χ0v) is 16.0. The predicted molar refractivity (Wildman–Crippen MR) is 105 cm³/mol. The fourth-order valence-electron chi connectivity index (χ4n) is 2.47. The van der Waals surface area contributed by atoms with Gasteiger partial charge in [0.25, 0.3) is 0 Å². The molecule has 0 unspecified atom stereocenters. The lowest BCUT2D eigenvalue weighted by atomic mass is 10.2. The van der Waals surface area contributed by atoms with Crippen molar-refractivity contribution in [2.75, 3.05) is 11.1 Å². The van der Waals surface area contributed by atoms with Crippen LogP contribution < -0.4 is 5.32 Å². The van der Waals surface area contributed by atoms with E-state index in [-0.39, 0.29) is 28.8 Å². The molecule has 3 aromatic rings. The second-order valence-electron chi connectivity index (χ2n) is 5.57. The van der Waals surface area contributed by atoms with Gasteiger partial charge in [-0.05, 0) is 31.2 Å². The average Bonchev–Trinajstić information content (AvgIpc) is 3.05. The summed E-state index contributed by atoms with van der Waals surface area (Å²) >= 11 is 7.00. The zero-order chi connectivity index (χ0) is 19.4. The lowest BCUT2D eigenvalue weighted by Gasteiger charge is -2.09. The number of rotatable bonds is 6. The van der Waals surface area contributed by atoms with Gasteiger partial charge < -0.3 is 20.1 Å². The zero-order valence-electron chi connectivity index (χ0n) is 14.4. The molecule has 0 saturated heterocycles. The molecule has 9 heteroatoms. The molecule has 3 rings (SSSR count). The van der Waals surface area contributed by atoms with Crippen molar-refractivity contribution in [1.82, 2.24) is 14.8 Å². The van der Waals surface area contributed by atoms with Crippen LogP contribution in [0.3, 0.4) is 0 Å². The van der Waals surface area contributed by atoms with Crippen molar-refractivity contribution in [1.29, 1.82) is 0 Å². The second kappa shape index (κ2) is 8.32. The summed E-state index contributed by atoms with van der Waals surface area (Å²) in [5, 5.41) is 31.7. The molecular formula is C18H17ClN4O3S. The molecule has 1 heterocycles. The van der Waals surface area contributed by atoms with Crippen LogP contribution >= 0.6 is 23.4 Å². The van der Waals surface area contributed by atoms with Gasteiger partial charge in [0.1, 0.15) is 11.5 Å². The summed E-state index contributed by atoms with van der Waals surface area (Å²) in [6, 6.07) is 11.4. The van der Waals surface area contributed by atoms with Crippen LogP contribution in [0, 0.1) is 0 Å². The van der Waals surface area contributed by atoms with Crippen LogP contribution in [0.2, 0.25) is 5.02 Å². The number of nitrogens with one attached hydrogen (secondary N) is 1. The molecule has 0 atom stereocenters. The first-order chi connectivity index (χ1) is 13.0. The first-order valence-corrected chi connectivity index (χ1v) is 9.48. The number of aromatic hydroxyl groups is 2. The predicted octanol–water partition coefficient (Wildman–Crippen LogP) is 3.76. The van der Waals surface area contributed by atoms with E-state index in [0.29, 0.717) is 28.1 Å². The van der Waals surface area contributed by atoms with Crippen LogP contribution in [0.1, 0.15) is 6.92 Å². The van der Waals surface area contributed by atoms with E-state index in [0.717, 1.165) is 0 Å². The van der Waals surface area contributed by atoms with Crippen molar-refractivity contribution in [2.24, 2.45) is 0 Å². The summed E-state index contributed by atoms with van der Waals surface area (Å²) < 4.78 is 1.83. The molecule has 0 aliphatic carbocycles. The van der Waals surface area contributed by atoms with Crippen LogP contribution in [0.15, 0.2) is 47.6 Å². The van der Waals surface area contributed by atoms with Crippen LogP contribution in [-0.2, 0) is 11.3 Å². The summed E-state index contributed by atoms with van der Waals surface area (Å²) in [5.74, 6) is 0.341. The minimum atomic E-state index is -0.299. The van der Waals surface area contributed by atoms with Crippen LogP contribution in [0.5, 0.6) is 11.5 Å². The van der Waals surface area contributed by atoms with Crippen molar-refractivity contribution in [3.63, 3.8) is 0 Å². The van der Waals surface area contributed by atoms with E-state index >= 15 is 0 Å². The highest BCUT2D eigenvalue weighted by Crippen LogP contribution is 2.30.